The van der Waals surface area contributed by atoms with Gasteiger partial charge in [0, 0.05) is 13.1 Å². The van der Waals surface area contributed by atoms with Gasteiger partial charge in [0.15, 0.2) is 0 Å². The fourth-order valence-corrected chi connectivity index (χ4v) is 1.30. The third-order valence-corrected chi connectivity index (χ3v) is 2.13. The van der Waals surface area contributed by atoms with Gasteiger partial charge in [-0.3, -0.25) is 4.79 Å². The second kappa shape index (κ2) is 2.76. The molecule has 0 radical (unpaired) electrons. The van der Waals surface area contributed by atoms with Gasteiger partial charge in [-0.05, 0) is 0 Å². The highest BCUT2D eigenvalue weighted by atomic mass is 19.3. The minimum Gasteiger partial charge on any atom is -0.344 e. The van der Waals surface area contributed by atoms with Crippen LogP contribution in [0, 0.1) is 0 Å². The Morgan fingerprint density at radius 1 is 1.50 bits per heavy atom. The zero-order valence-electron chi connectivity index (χ0n) is 7.57. The number of anilines is 1. The van der Waals surface area contributed by atoms with Gasteiger partial charge in [-0.25, -0.2) is 13.8 Å². The second-order valence-electron chi connectivity index (χ2n) is 3.41. The fraction of sp³-hybridized carbons (Fsp3) is 0.500. The van der Waals surface area contributed by atoms with Crippen LogP contribution in [-0.2, 0) is 7.05 Å². The maximum absolute atomic E-state index is 12.5. The Morgan fingerprint density at radius 3 is 2.64 bits per heavy atom. The molecule has 2 rings (SSSR count). The Morgan fingerprint density at radius 2 is 2.14 bits per heavy atom. The van der Waals surface area contributed by atoms with E-state index in [1.165, 1.54) is 21.9 Å². The van der Waals surface area contributed by atoms with E-state index < -0.39 is 5.92 Å². The lowest BCUT2D eigenvalue weighted by molar-refractivity contribution is -0.0267. The maximum Gasteiger partial charge on any atom is 0.282 e. The number of alkyl halides is 2. The first kappa shape index (κ1) is 9.11. The Labute approximate surface area is 78.8 Å². The molecule has 1 aliphatic rings. The van der Waals surface area contributed by atoms with Gasteiger partial charge in [-0.2, -0.15) is 0 Å². The monoisotopic (exact) mass is 201 g/mol. The molecule has 76 valence electrons. The molecule has 1 fully saturated rings. The molecule has 1 saturated heterocycles. The van der Waals surface area contributed by atoms with Crippen LogP contribution in [-0.4, -0.2) is 28.6 Å². The van der Waals surface area contributed by atoms with Crippen molar-refractivity contribution >= 4 is 5.82 Å². The Kier molecular flexibility index (Phi) is 1.80. The smallest absolute Gasteiger partial charge is 0.282 e. The third-order valence-electron chi connectivity index (χ3n) is 2.13. The Bertz CT molecular complexity index is 407. The molecular weight excluding hydrogens is 192 g/mol. The summed E-state index contributed by atoms with van der Waals surface area (Å²) in [6.07, 6.45) is 1.33. The summed E-state index contributed by atoms with van der Waals surface area (Å²) < 4.78 is 26.3. The molecule has 0 amide bonds. The zero-order valence-corrected chi connectivity index (χ0v) is 7.57. The number of hydrogen-bond acceptors (Lipinski definition) is 3. The van der Waals surface area contributed by atoms with Crippen molar-refractivity contribution in [3.63, 3.8) is 0 Å². The molecule has 0 aromatic carbocycles. The normalized spacial score (nSPS) is 19.2. The lowest BCUT2D eigenvalue weighted by atomic mass is 10.1. The van der Waals surface area contributed by atoms with Gasteiger partial charge in [0.05, 0.1) is 19.4 Å². The highest BCUT2D eigenvalue weighted by Gasteiger charge is 2.44. The fourth-order valence-electron chi connectivity index (χ4n) is 1.30. The quantitative estimate of drug-likeness (QED) is 0.653. The van der Waals surface area contributed by atoms with Crippen molar-refractivity contribution in [2.45, 2.75) is 5.92 Å². The number of rotatable bonds is 1. The summed E-state index contributed by atoms with van der Waals surface area (Å²) in [7, 11) is 1.56. The molecule has 0 N–H and O–H groups in total. The van der Waals surface area contributed by atoms with E-state index >= 15 is 0 Å². The molecule has 6 heteroatoms. The number of aromatic nitrogens is 2. The predicted octanol–water partition coefficient (Wildman–Crippen LogP) is 0.236. The van der Waals surface area contributed by atoms with Crippen LogP contribution in [0.1, 0.15) is 0 Å². The summed E-state index contributed by atoms with van der Waals surface area (Å²) in [4.78, 5) is 16.4. The van der Waals surface area contributed by atoms with E-state index in [-0.39, 0.29) is 18.6 Å². The molecule has 1 aromatic rings. The van der Waals surface area contributed by atoms with Gasteiger partial charge in [0.1, 0.15) is 5.82 Å². The average molecular weight is 201 g/mol. The van der Waals surface area contributed by atoms with Crippen LogP contribution in [0.15, 0.2) is 17.2 Å². The predicted molar refractivity (Wildman–Crippen MR) is 46.6 cm³/mol. The highest BCUT2D eigenvalue weighted by molar-refractivity contribution is 5.41. The van der Waals surface area contributed by atoms with Crippen LogP contribution < -0.4 is 10.5 Å². The summed E-state index contributed by atoms with van der Waals surface area (Å²) in [5.74, 6) is -2.32. The topological polar surface area (TPSA) is 38.1 Å². The van der Waals surface area contributed by atoms with Crippen molar-refractivity contribution in [1.82, 2.24) is 9.55 Å². The molecule has 0 saturated carbocycles. The molecule has 0 atom stereocenters. The van der Waals surface area contributed by atoms with Crippen LogP contribution in [0.25, 0.3) is 0 Å². The van der Waals surface area contributed by atoms with E-state index in [4.69, 9.17) is 0 Å². The van der Waals surface area contributed by atoms with E-state index in [2.05, 4.69) is 4.98 Å². The molecule has 1 aliphatic heterocycles. The van der Waals surface area contributed by atoms with Gasteiger partial charge >= 0.3 is 0 Å². The van der Waals surface area contributed by atoms with Crippen molar-refractivity contribution in [2.24, 2.45) is 7.05 Å². The van der Waals surface area contributed by atoms with Crippen LogP contribution in [0.3, 0.4) is 0 Å². The molecule has 0 aliphatic carbocycles. The largest absolute Gasteiger partial charge is 0.344 e. The van der Waals surface area contributed by atoms with Crippen LogP contribution in [0.4, 0.5) is 14.6 Å². The van der Waals surface area contributed by atoms with Gasteiger partial charge < -0.3 is 9.47 Å². The van der Waals surface area contributed by atoms with Crippen molar-refractivity contribution < 1.29 is 8.78 Å². The number of nitrogens with zero attached hydrogens (tertiary/aromatic N) is 3. The summed E-state index contributed by atoms with van der Waals surface area (Å²) in [5, 5.41) is 0. The minimum atomic E-state index is -2.64. The van der Waals surface area contributed by atoms with Gasteiger partial charge in [-0.1, -0.05) is 0 Å². The Balaban J connectivity index is 2.20. The van der Waals surface area contributed by atoms with Gasteiger partial charge in [0.25, 0.3) is 11.5 Å². The number of hydrogen-bond donors (Lipinski definition) is 0. The number of aryl methyl sites for hydroxylation is 1. The van der Waals surface area contributed by atoms with E-state index in [0.717, 1.165) is 0 Å². The van der Waals surface area contributed by atoms with E-state index in [0.29, 0.717) is 5.82 Å². The molecule has 1 aromatic heterocycles. The first-order valence-corrected chi connectivity index (χ1v) is 4.13. The second-order valence-corrected chi connectivity index (χ2v) is 3.41. The van der Waals surface area contributed by atoms with Crippen LogP contribution in [0.2, 0.25) is 0 Å². The van der Waals surface area contributed by atoms with Crippen molar-refractivity contribution in [3.8, 4) is 0 Å². The van der Waals surface area contributed by atoms with Gasteiger partial charge in [0.2, 0.25) is 0 Å². The first-order chi connectivity index (χ1) is 6.48. The SMILES string of the molecule is Cn1cnc(N2CC(F)(F)C2)cc1=O. The minimum absolute atomic E-state index is 0.245. The van der Waals surface area contributed by atoms with Crippen LogP contribution in [0.5, 0.6) is 0 Å². The maximum atomic E-state index is 12.5. The van der Waals surface area contributed by atoms with Gasteiger partial charge in [-0.15, -0.1) is 0 Å². The van der Waals surface area contributed by atoms with Crippen molar-refractivity contribution in [2.75, 3.05) is 18.0 Å². The number of halogens is 2. The van der Waals surface area contributed by atoms with Crippen LogP contribution >= 0.6 is 0 Å². The lowest BCUT2D eigenvalue weighted by Crippen LogP contribution is -2.56. The molecular formula is C8H9F2N3O. The summed E-state index contributed by atoms with van der Waals surface area (Å²) in [5.41, 5.74) is -0.245. The Hall–Kier alpha value is -1.46. The molecule has 14 heavy (non-hydrogen) atoms. The summed E-state index contributed by atoms with van der Waals surface area (Å²) >= 11 is 0. The average Bonchev–Trinajstić information content (AvgIpc) is 2.06. The standard InChI is InChI=1S/C8H9F2N3O/c1-12-5-11-6(2-7(12)14)13-3-8(9,10)4-13/h2,5H,3-4H2,1H3. The molecule has 0 unspecified atom stereocenters. The molecule has 0 spiro atoms. The lowest BCUT2D eigenvalue weighted by Gasteiger charge is -2.39. The molecule has 2 heterocycles. The van der Waals surface area contributed by atoms with E-state index in [1.807, 2.05) is 0 Å². The summed E-state index contributed by atoms with van der Waals surface area (Å²) in [6, 6.07) is 1.26. The van der Waals surface area contributed by atoms with Crippen molar-refractivity contribution in [1.29, 1.82) is 0 Å². The molecule has 0 bridgehead atoms. The third kappa shape index (κ3) is 1.47. The highest BCUT2D eigenvalue weighted by Crippen LogP contribution is 2.29. The van der Waals surface area contributed by atoms with E-state index in [9.17, 15) is 13.6 Å². The van der Waals surface area contributed by atoms with Crippen molar-refractivity contribution in [3.05, 3.63) is 22.7 Å². The first-order valence-electron chi connectivity index (χ1n) is 4.13. The summed E-state index contributed by atoms with van der Waals surface area (Å²) in [6.45, 7) is -0.708. The van der Waals surface area contributed by atoms with E-state index in [1.54, 1.807) is 7.05 Å². The molecule has 4 nitrogen and oxygen atoms in total. The zero-order chi connectivity index (χ0) is 10.3.